The quantitative estimate of drug-likeness (QED) is 0.819. The lowest BCUT2D eigenvalue weighted by molar-refractivity contribution is 1.02. The Morgan fingerprint density at radius 3 is 2.69 bits per heavy atom. The molecule has 16 heavy (non-hydrogen) atoms. The molecule has 0 aliphatic rings. The lowest BCUT2D eigenvalue weighted by Crippen LogP contribution is -2.06. The summed E-state index contributed by atoms with van der Waals surface area (Å²) in [4.78, 5) is 4.03. The van der Waals surface area contributed by atoms with E-state index in [4.69, 9.17) is 5.73 Å². The van der Waals surface area contributed by atoms with Gasteiger partial charge in [0.05, 0.1) is 17.6 Å². The van der Waals surface area contributed by atoms with Crippen molar-refractivity contribution in [3.63, 3.8) is 0 Å². The highest BCUT2D eigenvalue weighted by molar-refractivity contribution is 5.64. The SMILES string of the molecule is Nc1ccncc1NCCc1ccccc1. The summed E-state index contributed by atoms with van der Waals surface area (Å²) in [6.45, 7) is 0.861. The van der Waals surface area contributed by atoms with E-state index in [1.807, 2.05) is 18.2 Å². The van der Waals surface area contributed by atoms with Crippen LogP contribution in [0.4, 0.5) is 11.4 Å². The van der Waals surface area contributed by atoms with E-state index in [1.165, 1.54) is 5.56 Å². The first kappa shape index (κ1) is 10.5. The molecule has 0 amide bonds. The van der Waals surface area contributed by atoms with E-state index in [-0.39, 0.29) is 0 Å². The molecule has 3 heteroatoms. The van der Waals surface area contributed by atoms with Crippen molar-refractivity contribution in [1.82, 2.24) is 4.98 Å². The minimum atomic E-state index is 0.739. The zero-order chi connectivity index (χ0) is 11.2. The topological polar surface area (TPSA) is 50.9 Å². The molecule has 0 bridgehead atoms. The van der Waals surface area contributed by atoms with Gasteiger partial charge in [0.1, 0.15) is 0 Å². The van der Waals surface area contributed by atoms with Crippen LogP contribution < -0.4 is 11.1 Å². The Morgan fingerprint density at radius 1 is 1.12 bits per heavy atom. The van der Waals surface area contributed by atoms with Crippen LogP contribution in [-0.2, 0) is 6.42 Å². The molecule has 2 rings (SSSR count). The molecular weight excluding hydrogens is 198 g/mol. The number of nitrogen functional groups attached to an aromatic ring is 1. The van der Waals surface area contributed by atoms with Crippen LogP contribution in [0.25, 0.3) is 0 Å². The smallest absolute Gasteiger partial charge is 0.0760 e. The minimum Gasteiger partial charge on any atom is -0.397 e. The fourth-order valence-electron chi connectivity index (χ4n) is 1.54. The molecule has 82 valence electrons. The summed E-state index contributed by atoms with van der Waals surface area (Å²) in [5, 5.41) is 3.27. The third-order valence-electron chi connectivity index (χ3n) is 2.43. The molecule has 0 aliphatic carbocycles. The van der Waals surface area contributed by atoms with Gasteiger partial charge in [-0.2, -0.15) is 0 Å². The predicted octanol–water partition coefficient (Wildman–Crippen LogP) is 2.32. The Balaban J connectivity index is 1.87. The summed E-state index contributed by atoms with van der Waals surface area (Å²) in [7, 11) is 0. The number of hydrogen-bond acceptors (Lipinski definition) is 3. The van der Waals surface area contributed by atoms with Crippen LogP contribution in [-0.4, -0.2) is 11.5 Å². The Hall–Kier alpha value is -2.03. The molecule has 1 heterocycles. The maximum Gasteiger partial charge on any atom is 0.0760 e. The highest BCUT2D eigenvalue weighted by Crippen LogP contribution is 2.14. The molecule has 0 spiro atoms. The second kappa shape index (κ2) is 5.16. The summed E-state index contributed by atoms with van der Waals surface area (Å²) in [5.74, 6) is 0. The van der Waals surface area contributed by atoms with E-state index >= 15 is 0 Å². The number of nitrogens with one attached hydrogen (secondary N) is 1. The van der Waals surface area contributed by atoms with Crippen molar-refractivity contribution < 1.29 is 0 Å². The van der Waals surface area contributed by atoms with Crippen LogP contribution in [0.15, 0.2) is 48.8 Å². The number of benzene rings is 1. The molecular formula is C13H15N3. The highest BCUT2D eigenvalue weighted by atomic mass is 14.9. The van der Waals surface area contributed by atoms with E-state index in [0.717, 1.165) is 24.3 Å². The summed E-state index contributed by atoms with van der Waals surface area (Å²) in [5.41, 5.74) is 8.75. The van der Waals surface area contributed by atoms with Crippen LogP contribution in [0.2, 0.25) is 0 Å². The number of pyridine rings is 1. The van der Waals surface area contributed by atoms with Crippen molar-refractivity contribution >= 4 is 11.4 Å². The van der Waals surface area contributed by atoms with Crippen molar-refractivity contribution in [1.29, 1.82) is 0 Å². The average Bonchev–Trinajstić information content (AvgIpc) is 2.33. The molecule has 0 aliphatic heterocycles. The highest BCUT2D eigenvalue weighted by Gasteiger charge is 1.97. The molecule has 3 N–H and O–H groups in total. The molecule has 1 aromatic heterocycles. The second-order valence-corrected chi connectivity index (χ2v) is 3.63. The lowest BCUT2D eigenvalue weighted by Gasteiger charge is -2.08. The summed E-state index contributed by atoms with van der Waals surface area (Å²) < 4.78 is 0. The molecule has 0 fully saturated rings. The van der Waals surface area contributed by atoms with Crippen molar-refractivity contribution in [2.75, 3.05) is 17.6 Å². The van der Waals surface area contributed by atoms with Gasteiger partial charge in [-0.3, -0.25) is 4.98 Å². The Bertz CT molecular complexity index is 440. The first-order chi connectivity index (χ1) is 7.86. The van der Waals surface area contributed by atoms with Gasteiger partial charge in [0, 0.05) is 12.7 Å². The molecule has 0 atom stereocenters. The van der Waals surface area contributed by atoms with Crippen molar-refractivity contribution in [2.24, 2.45) is 0 Å². The van der Waals surface area contributed by atoms with E-state index in [1.54, 1.807) is 18.5 Å². The van der Waals surface area contributed by atoms with E-state index in [2.05, 4.69) is 22.4 Å². The summed E-state index contributed by atoms with van der Waals surface area (Å²) >= 11 is 0. The van der Waals surface area contributed by atoms with E-state index in [0.29, 0.717) is 0 Å². The van der Waals surface area contributed by atoms with Gasteiger partial charge < -0.3 is 11.1 Å². The van der Waals surface area contributed by atoms with Crippen LogP contribution in [0.5, 0.6) is 0 Å². The fourth-order valence-corrected chi connectivity index (χ4v) is 1.54. The number of nitrogens with two attached hydrogens (primary N) is 1. The third kappa shape index (κ3) is 2.73. The average molecular weight is 213 g/mol. The molecule has 0 saturated heterocycles. The van der Waals surface area contributed by atoms with Crippen LogP contribution >= 0.6 is 0 Å². The van der Waals surface area contributed by atoms with E-state index < -0.39 is 0 Å². The van der Waals surface area contributed by atoms with E-state index in [9.17, 15) is 0 Å². The van der Waals surface area contributed by atoms with Crippen LogP contribution in [0, 0.1) is 0 Å². The Kier molecular flexibility index (Phi) is 3.38. The summed E-state index contributed by atoms with van der Waals surface area (Å²) in [6.07, 6.45) is 4.42. The number of hydrogen-bond donors (Lipinski definition) is 2. The molecule has 0 radical (unpaired) electrons. The maximum absolute atomic E-state index is 5.80. The van der Waals surface area contributed by atoms with Gasteiger partial charge in [0.2, 0.25) is 0 Å². The van der Waals surface area contributed by atoms with Crippen molar-refractivity contribution in [3.8, 4) is 0 Å². The number of anilines is 2. The normalized spacial score (nSPS) is 10.0. The van der Waals surface area contributed by atoms with Gasteiger partial charge in [0.25, 0.3) is 0 Å². The van der Waals surface area contributed by atoms with Crippen molar-refractivity contribution in [3.05, 3.63) is 54.4 Å². The monoisotopic (exact) mass is 213 g/mol. The second-order valence-electron chi connectivity index (χ2n) is 3.63. The molecule has 1 aromatic carbocycles. The standard InChI is InChI=1S/C13H15N3/c14-12-7-8-15-10-13(12)16-9-6-11-4-2-1-3-5-11/h1-5,7-8,10,16H,6,9H2,(H2,14,15). The molecule has 0 unspecified atom stereocenters. The minimum absolute atomic E-state index is 0.739. The molecule has 0 saturated carbocycles. The summed E-state index contributed by atoms with van der Waals surface area (Å²) in [6, 6.07) is 12.2. The number of rotatable bonds is 4. The zero-order valence-electron chi connectivity index (χ0n) is 9.06. The molecule has 3 nitrogen and oxygen atoms in total. The zero-order valence-corrected chi connectivity index (χ0v) is 9.06. The van der Waals surface area contributed by atoms with Gasteiger partial charge in [-0.1, -0.05) is 30.3 Å². The fraction of sp³-hybridized carbons (Fsp3) is 0.154. The van der Waals surface area contributed by atoms with Gasteiger partial charge in [0.15, 0.2) is 0 Å². The lowest BCUT2D eigenvalue weighted by atomic mass is 10.1. The van der Waals surface area contributed by atoms with Gasteiger partial charge in [-0.15, -0.1) is 0 Å². The Labute approximate surface area is 95.3 Å². The largest absolute Gasteiger partial charge is 0.397 e. The predicted molar refractivity (Wildman–Crippen MR) is 67.3 cm³/mol. The van der Waals surface area contributed by atoms with Gasteiger partial charge >= 0.3 is 0 Å². The van der Waals surface area contributed by atoms with Gasteiger partial charge in [-0.05, 0) is 18.1 Å². The maximum atomic E-state index is 5.80. The number of aromatic nitrogens is 1. The third-order valence-corrected chi connectivity index (χ3v) is 2.43. The van der Waals surface area contributed by atoms with Crippen LogP contribution in [0.3, 0.4) is 0 Å². The van der Waals surface area contributed by atoms with Gasteiger partial charge in [-0.25, -0.2) is 0 Å². The number of nitrogens with zero attached hydrogens (tertiary/aromatic N) is 1. The Morgan fingerprint density at radius 2 is 1.94 bits per heavy atom. The van der Waals surface area contributed by atoms with Crippen LogP contribution in [0.1, 0.15) is 5.56 Å². The first-order valence-corrected chi connectivity index (χ1v) is 5.33. The first-order valence-electron chi connectivity index (χ1n) is 5.33. The molecule has 2 aromatic rings. The van der Waals surface area contributed by atoms with Crippen molar-refractivity contribution in [2.45, 2.75) is 6.42 Å².